The van der Waals surface area contributed by atoms with E-state index in [1.807, 2.05) is 36.0 Å². The second kappa shape index (κ2) is 7.47. The molecular formula is C18H22N4O2. The molecule has 1 aromatic carbocycles. The number of nitrogens with zero attached hydrogens (tertiary/aromatic N) is 3. The third kappa shape index (κ3) is 3.58. The minimum absolute atomic E-state index is 0.0780. The van der Waals surface area contributed by atoms with Crippen LogP contribution in [0.15, 0.2) is 30.7 Å². The van der Waals surface area contributed by atoms with E-state index in [1.54, 1.807) is 13.4 Å². The number of imidazole rings is 1. The smallest absolute Gasteiger partial charge is 0.136 e. The van der Waals surface area contributed by atoms with Gasteiger partial charge in [0.2, 0.25) is 0 Å². The summed E-state index contributed by atoms with van der Waals surface area (Å²) in [6.45, 7) is 1.46. The number of nitrogens with one attached hydrogen (secondary N) is 1. The minimum atomic E-state index is 0.0780. The van der Waals surface area contributed by atoms with Gasteiger partial charge >= 0.3 is 0 Å². The van der Waals surface area contributed by atoms with E-state index in [2.05, 4.69) is 16.4 Å². The number of rotatable bonds is 5. The van der Waals surface area contributed by atoms with Crippen LogP contribution in [0.25, 0.3) is 0 Å². The molecule has 1 aliphatic rings. The molecule has 3 rings (SSSR count). The molecule has 1 aliphatic heterocycles. The van der Waals surface area contributed by atoms with Gasteiger partial charge in [0.25, 0.3) is 0 Å². The molecule has 0 unspecified atom stereocenters. The summed E-state index contributed by atoms with van der Waals surface area (Å²) in [5, 5.41) is 12.8. The van der Waals surface area contributed by atoms with Crippen molar-refractivity contribution in [2.45, 2.75) is 31.5 Å². The van der Waals surface area contributed by atoms with Gasteiger partial charge in [0, 0.05) is 26.2 Å². The van der Waals surface area contributed by atoms with Crippen molar-refractivity contribution in [3.8, 4) is 11.8 Å². The monoisotopic (exact) mass is 326 g/mol. The fourth-order valence-corrected chi connectivity index (χ4v) is 3.08. The fourth-order valence-electron chi connectivity index (χ4n) is 3.08. The number of aryl methyl sites for hydroxylation is 1. The Bertz CT molecular complexity index is 735. The van der Waals surface area contributed by atoms with Crippen LogP contribution in [0.4, 0.5) is 0 Å². The highest BCUT2D eigenvalue weighted by Gasteiger charge is 2.25. The van der Waals surface area contributed by atoms with Crippen molar-refractivity contribution in [1.29, 1.82) is 5.26 Å². The third-order valence-electron chi connectivity index (χ3n) is 4.45. The lowest BCUT2D eigenvalue weighted by molar-refractivity contribution is -0.00404. The Morgan fingerprint density at radius 1 is 1.50 bits per heavy atom. The van der Waals surface area contributed by atoms with Gasteiger partial charge in [-0.15, -0.1) is 0 Å². The highest BCUT2D eigenvalue weighted by atomic mass is 16.5. The predicted molar refractivity (Wildman–Crippen MR) is 89.5 cm³/mol. The van der Waals surface area contributed by atoms with Crippen molar-refractivity contribution < 1.29 is 9.47 Å². The van der Waals surface area contributed by atoms with Crippen LogP contribution in [-0.2, 0) is 18.3 Å². The summed E-state index contributed by atoms with van der Waals surface area (Å²) in [7, 11) is 3.57. The second-order valence-electron chi connectivity index (χ2n) is 6.04. The number of ether oxygens (including phenoxy) is 2. The van der Waals surface area contributed by atoms with Gasteiger partial charge < -0.3 is 19.4 Å². The average molecular weight is 326 g/mol. The van der Waals surface area contributed by atoms with Crippen LogP contribution in [0, 0.1) is 11.3 Å². The van der Waals surface area contributed by atoms with Crippen molar-refractivity contribution in [2.75, 3.05) is 13.7 Å². The van der Waals surface area contributed by atoms with Crippen LogP contribution in [0.1, 0.15) is 35.8 Å². The molecule has 0 aliphatic carbocycles. The maximum absolute atomic E-state index is 9.18. The summed E-state index contributed by atoms with van der Waals surface area (Å²) in [5.74, 6) is 0.614. The molecule has 2 heterocycles. The minimum Gasteiger partial charge on any atom is -0.495 e. The Hall–Kier alpha value is -2.36. The number of benzene rings is 1. The summed E-state index contributed by atoms with van der Waals surface area (Å²) in [4.78, 5) is 4.17. The third-order valence-corrected chi connectivity index (χ3v) is 4.45. The normalized spacial score (nSPS) is 20.5. The Morgan fingerprint density at radius 3 is 3.08 bits per heavy atom. The highest BCUT2D eigenvalue weighted by molar-refractivity contribution is 5.45. The maximum Gasteiger partial charge on any atom is 0.136 e. The topological polar surface area (TPSA) is 72.1 Å². The van der Waals surface area contributed by atoms with E-state index in [4.69, 9.17) is 9.47 Å². The average Bonchev–Trinajstić information content (AvgIpc) is 3.06. The lowest BCUT2D eigenvalue weighted by atomic mass is 10.0. The van der Waals surface area contributed by atoms with Gasteiger partial charge in [-0.1, -0.05) is 6.07 Å². The molecule has 126 valence electrons. The van der Waals surface area contributed by atoms with Crippen LogP contribution in [0.3, 0.4) is 0 Å². The van der Waals surface area contributed by atoms with Gasteiger partial charge in [-0.25, -0.2) is 4.98 Å². The molecule has 0 spiro atoms. The molecule has 2 aromatic rings. The molecule has 24 heavy (non-hydrogen) atoms. The first-order valence-electron chi connectivity index (χ1n) is 8.09. The second-order valence-corrected chi connectivity index (χ2v) is 6.04. The molecule has 1 saturated heterocycles. The van der Waals surface area contributed by atoms with E-state index < -0.39 is 0 Å². The van der Waals surface area contributed by atoms with Gasteiger partial charge in [0.15, 0.2) is 0 Å². The first-order chi connectivity index (χ1) is 11.7. The van der Waals surface area contributed by atoms with Crippen LogP contribution in [0.2, 0.25) is 0 Å². The number of hydrogen-bond donors (Lipinski definition) is 1. The van der Waals surface area contributed by atoms with Crippen LogP contribution >= 0.6 is 0 Å². The van der Waals surface area contributed by atoms with Crippen molar-refractivity contribution in [3.05, 3.63) is 47.5 Å². The van der Waals surface area contributed by atoms with Crippen LogP contribution in [-0.4, -0.2) is 29.3 Å². The summed E-state index contributed by atoms with van der Waals surface area (Å²) < 4.78 is 13.1. The molecule has 0 bridgehead atoms. The molecule has 1 N–H and O–H groups in total. The van der Waals surface area contributed by atoms with Crippen molar-refractivity contribution in [2.24, 2.45) is 7.05 Å². The quantitative estimate of drug-likeness (QED) is 0.913. The van der Waals surface area contributed by atoms with Crippen molar-refractivity contribution >= 4 is 0 Å². The standard InChI is InChI=1S/C18H22N4O2/c1-22-12-20-11-16(22)18-8-15(5-6-24-18)21-10-13-3-4-17(23-2)14(7-13)9-19/h3-4,7,11-12,15,18,21H,5-6,8,10H2,1-2H3/t15-,18+/m0/s1. The van der Waals surface area contributed by atoms with E-state index in [-0.39, 0.29) is 6.10 Å². The van der Waals surface area contributed by atoms with Crippen LogP contribution < -0.4 is 10.1 Å². The van der Waals surface area contributed by atoms with E-state index in [1.165, 1.54) is 0 Å². The number of aromatic nitrogens is 2. The first-order valence-corrected chi connectivity index (χ1v) is 8.09. The molecule has 2 atom stereocenters. The largest absolute Gasteiger partial charge is 0.495 e. The molecule has 0 saturated carbocycles. The molecule has 0 radical (unpaired) electrons. The van der Waals surface area contributed by atoms with E-state index >= 15 is 0 Å². The molecule has 0 amide bonds. The zero-order valence-electron chi connectivity index (χ0n) is 14.0. The van der Waals surface area contributed by atoms with Gasteiger partial charge in [-0.2, -0.15) is 5.26 Å². The van der Waals surface area contributed by atoms with Gasteiger partial charge in [0.1, 0.15) is 17.9 Å². The predicted octanol–water partition coefficient (Wildman–Crippen LogP) is 2.31. The summed E-state index contributed by atoms with van der Waals surface area (Å²) >= 11 is 0. The zero-order valence-corrected chi connectivity index (χ0v) is 14.0. The van der Waals surface area contributed by atoms with Gasteiger partial charge in [-0.05, 0) is 30.5 Å². The van der Waals surface area contributed by atoms with Crippen LogP contribution in [0.5, 0.6) is 5.75 Å². The molecule has 6 heteroatoms. The summed E-state index contributed by atoms with van der Waals surface area (Å²) in [6.07, 6.45) is 5.65. The lowest BCUT2D eigenvalue weighted by Gasteiger charge is -2.30. The summed E-state index contributed by atoms with van der Waals surface area (Å²) in [6, 6.07) is 8.27. The molecule has 6 nitrogen and oxygen atoms in total. The molecule has 1 fully saturated rings. The fraction of sp³-hybridized carbons (Fsp3) is 0.444. The van der Waals surface area contributed by atoms with Crippen molar-refractivity contribution in [1.82, 2.24) is 14.9 Å². The number of nitriles is 1. The first kappa shape index (κ1) is 16.5. The molecule has 1 aromatic heterocycles. The zero-order chi connectivity index (χ0) is 16.9. The molecular weight excluding hydrogens is 304 g/mol. The Labute approximate surface area is 142 Å². The summed E-state index contributed by atoms with van der Waals surface area (Å²) in [5.41, 5.74) is 2.75. The maximum atomic E-state index is 9.18. The van der Waals surface area contributed by atoms with Crippen molar-refractivity contribution in [3.63, 3.8) is 0 Å². The van der Waals surface area contributed by atoms with Gasteiger partial charge in [-0.3, -0.25) is 0 Å². The number of hydrogen-bond acceptors (Lipinski definition) is 5. The number of methoxy groups -OCH3 is 1. The Kier molecular flexibility index (Phi) is 5.14. The lowest BCUT2D eigenvalue weighted by Crippen LogP contribution is -2.36. The van der Waals surface area contributed by atoms with E-state index in [0.717, 1.165) is 37.3 Å². The SMILES string of the molecule is COc1ccc(CN[C@H]2CCO[C@@H](c3cncn3C)C2)cc1C#N. The highest BCUT2D eigenvalue weighted by Crippen LogP contribution is 2.28. The Balaban J connectivity index is 1.60. The van der Waals surface area contributed by atoms with E-state index in [9.17, 15) is 5.26 Å². The Morgan fingerprint density at radius 2 is 2.38 bits per heavy atom. The van der Waals surface area contributed by atoms with E-state index in [0.29, 0.717) is 17.4 Å². The van der Waals surface area contributed by atoms with Gasteiger partial charge in [0.05, 0.1) is 30.9 Å².